The molecule has 192 valence electrons. The zero-order chi connectivity index (χ0) is 26.6. The molecule has 1 aliphatic heterocycles. The van der Waals surface area contributed by atoms with E-state index < -0.39 is 34.7 Å². The van der Waals surface area contributed by atoms with Crippen molar-refractivity contribution in [1.82, 2.24) is 4.57 Å². The van der Waals surface area contributed by atoms with Crippen LogP contribution in [-0.2, 0) is 21.1 Å². The van der Waals surface area contributed by atoms with E-state index >= 15 is 0 Å². The van der Waals surface area contributed by atoms with E-state index in [0.29, 0.717) is 11.9 Å². The predicted octanol–water partition coefficient (Wildman–Crippen LogP) is 3.34. The lowest BCUT2D eigenvalue weighted by Gasteiger charge is -2.24. The molecule has 0 saturated heterocycles. The van der Waals surface area contributed by atoms with Gasteiger partial charge in [0.25, 0.3) is 5.56 Å². The van der Waals surface area contributed by atoms with Gasteiger partial charge in [0.2, 0.25) is 10.0 Å². The van der Waals surface area contributed by atoms with Gasteiger partial charge in [-0.1, -0.05) is 20.8 Å². The molecular formula is C23H26FN4O6PS. The molecule has 10 nitrogen and oxygen atoms in total. The minimum atomic E-state index is -4.50. The molecule has 4 rings (SSSR count). The number of sulfonamides is 1. The van der Waals surface area contributed by atoms with Crippen molar-refractivity contribution in [1.29, 1.82) is 0 Å². The molecule has 0 aliphatic carbocycles. The number of benzene rings is 2. The van der Waals surface area contributed by atoms with E-state index in [9.17, 15) is 32.2 Å². The van der Waals surface area contributed by atoms with Crippen molar-refractivity contribution in [3.8, 4) is 5.75 Å². The summed E-state index contributed by atoms with van der Waals surface area (Å²) in [6, 6.07) is 7.56. The quantitative estimate of drug-likeness (QED) is 0.365. The molecule has 1 unspecified atom stereocenters. The van der Waals surface area contributed by atoms with Crippen LogP contribution in [0.2, 0.25) is 0 Å². The van der Waals surface area contributed by atoms with Crippen molar-refractivity contribution < 1.29 is 27.4 Å². The molecule has 4 N–H and O–H groups in total. The number of amidine groups is 1. The zero-order valence-corrected chi connectivity index (χ0v) is 21.7. The maximum atomic E-state index is 14.1. The van der Waals surface area contributed by atoms with Crippen LogP contribution in [0.5, 0.6) is 5.75 Å². The summed E-state index contributed by atoms with van der Waals surface area (Å²) in [5, 5.41) is 13.7. The Balaban J connectivity index is 1.90. The standard InChI is InChI=1S/C23H26FN4O6PS/c1-23(2,3)9-10-28-17-8-5-13(24)11-15(17)20(29)19(22(28)30)21-25-16-7-6-14(27-36(4,33)34)12-18(16)35(31,32)26-21/h5-8,11-12,27,29H,9-10H2,1-4H3,(H2,25,26,31,32). The Morgan fingerprint density at radius 1 is 1.19 bits per heavy atom. The average Bonchev–Trinajstić information content (AvgIpc) is 2.72. The lowest BCUT2D eigenvalue weighted by Crippen LogP contribution is -2.34. The number of pyridine rings is 1. The molecule has 1 aromatic heterocycles. The molecule has 0 amide bonds. The Bertz CT molecular complexity index is 1640. The molecule has 2 heterocycles. The number of hydrogen-bond donors (Lipinski definition) is 4. The summed E-state index contributed by atoms with van der Waals surface area (Å²) in [7, 11) is -8.14. The van der Waals surface area contributed by atoms with Crippen LogP contribution in [0.25, 0.3) is 10.9 Å². The minimum Gasteiger partial charge on any atom is -0.506 e. The summed E-state index contributed by atoms with van der Waals surface area (Å²) in [5.41, 5.74) is -0.709. The van der Waals surface area contributed by atoms with E-state index in [1.165, 1.54) is 34.9 Å². The first-order valence-electron chi connectivity index (χ1n) is 10.9. The van der Waals surface area contributed by atoms with Crippen molar-refractivity contribution in [2.75, 3.05) is 16.3 Å². The summed E-state index contributed by atoms with van der Waals surface area (Å²) in [4.78, 5) is 24.3. The van der Waals surface area contributed by atoms with Crippen LogP contribution in [0, 0.1) is 11.2 Å². The number of aromatic hydroxyl groups is 1. The lowest BCUT2D eigenvalue weighted by molar-refractivity contribution is 0.350. The maximum absolute atomic E-state index is 14.1. The topological polar surface area (TPSA) is 150 Å². The van der Waals surface area contributed by atoms with Gasteiger partial charge < -0.3 is 19.9 Å². The first kappa shape index (κ1) is 25.9. The average molecular weight is 537 g/mol. The van der Waals surface area contributed by atoms with Gasteiger partial charge in [0.05, 0.1) is 22.8 Å². The fraction of sp³-hybridized carbons (Fsp3) is 0.304. The first-order chi connectivity index (χ1) is 16.6. The van der Waals surface area contributed by atoms with Crippen molar-refractivity contribution >= 4 is 51.0 Å². The second-order valence-electron chi connectivity index (χ2n) is 9.88. The Labute approximate surface area is 207 Å². The Morgan fingerprint density at radius 3 is 2.53 bits per heavy atom. The normalized spacial score (nSPS) is 17.9. The molecule has 0 saturated carbocycles. The Kier molecular flexibility index (Phi) is 6.27. The van der Waals surface area contributed by atoms with Crippen molar-refractivity contribution in [3.05, 3.63) is 58.1 Å². The number of hydrogen-bond acceptors (Lipinski definition) is 6. The second-order valence-corrected chi connectivity index (χ2v) is 13.4. The zero-order valence-electron chi connectivity index (χ0n) is 20.0. The van der Waals surface area contributed by atoms with Crippen molar-refractivity contribution in [2.24, 2.45) is 10.2 Å². The monoisotopic (exact) mass is 536 g/mol. The van der Waals surface area contributed by atoms with E-state index in [1.807, 2.05) is 20.8 Å². The smallest absolute Gasteiger partial charge is 0.346 e. The van der Waals surface area contributed by atoms with Crippen LogP contribution in [-0.4, -0.2) is 35.1 Å². The van der Waals surface area contributed by atoms with E-state index in [0.717, 1.165) is 12.3 Å². The van der Waals surface area contributed by atoms with Gasteiger partial charge in [-0.25, -0.2) is 12.8 Å². The third-order valence-corrected chi connectivity index (χ3v) is 7.70. The highest BCUT2D eigenvalue weighted by Crippen LogP contribution is 2.47. The molecule has 0 bridgehead atoms. The summed E-state index contributed by atoms with van der Waals surface area (Å²) >= 11 is 0. The molecule has 0 spiro atoms. The number of rotatable bonds is 5. The van der Waals surface area contributed by atoms with E-state index in [-0.39, 0.29) is 45.4 Å². The van der Waals surface area contributed by atoms with Crippen molar-refractivity contribution in [2.45, 2.75) is 33.7 Å². The van der Waals surface area contributed by atoms with Gasteiger partial charge in [0.1, 0.15) is 17.1 Å². The number of aryl methyl sites for hydroxylation is 1. The molecule has 1 atom stereocenters. The van der Waals surface area contributed by atoms with E-state index in [1.54, 1.807) is 0 Å². The maximum Gasteiger partial charge on any atom is 0.346 e. The van der Waals surface area contributed by atoms with Gasteiger partial charge in [0.15, 0.2) is 5.84 Å². The van der Waals surface area contributed by atoms with Crippen LogP contribution in [0.1, 0.15) is 32.8 Å². The van der Waals surface area contributed by atoms with Crippen LogP contribution in [0.3, 0.4) is 0 Å². The molecule has 1 aliphatic rings. The highest BCUT2D eigenvalue weighted by molar-refractivity contribution is 7.92. The Hall–Kier alpha value is -3.21. The Morgan fingerprint density at radius 2 is 1.89 bits per heavy atom. The summed E-state index contributed by atoms with van der Waals surface area (Å²) < 4.78 is 57.8. The third-order valence-electron chi connectivity index (χ3n) is 5.63. The fourth-order valence-electron chi connectivity index (χ4n) is 3.91. The highest BCUT2D eigenvalue weighted by Gasteiger charge is 2.34. The molecule has 36 heavy (non-hydrogen) atoms. The van der Waals surface area contributed by atoms with E-state index in [2.05, 4.69) is 14.8 Å². The van der Waals surface area contributed by atoms with Gasteiger partial charge >= 0.3 is 7.52 Å². The number of fused-ring (bicyclic) bond motifs is 2. The molecule has 0 radical (unpaired) electrons. The van der Waals surface area contributed by atoms with Gasteiger partial charge in [0, 0.05) is 17.6 Å². The number of nitrogens with zero attached hydrogens (tertiary/aromatic N) is 2. The van der Waals surface area contributed by atoms with Crippen LogP contribution in [0.15, 0.2) is 46.0 Å². The summed E-state index contributed by atoms with van der Waals surface area (Å²) in [5.74, 6) is -1.56. The van der Waals surface area contributed by atoms with Crippen LogP contribution < -0.4 is 20.9 Å². The first-order valence-corrected chi connectivity index (χ1v) is 14.4. The van der Waals surface area contributed by atoms with Gasteiger partial charge in [-0.15, -0.1) is 0 Å². The highest BCUT2D eigenvalue weighted by atomic mass is 32.2. The van der Waals surface area contributed by atoms with Crippen LogP contribution in [0.4, 0.5) is 15.8 Å². The predicted molar refractivity (Wildman–Crippen MR) is 138 cm³/mol. The summed E-state index contributed by atoms with van der Waals surface area (Å²) in [6.07, 6.45) is 1.52. The molecule has 13 heteroatoms. The SMILES string of the molecule is CC(C)(C)CCn1c(=O)c(C2=NP(=O)(O)c3cc(NS(C)(=O)=O)ccc3N2)c(O)c2cc(F)ccc21. The molecule has 3 aromatic rings. The van der Waals surface area contributed by atoms with Crippen molar-refractivity contribution in [3.63, 3.8) is 0 Å². The van der Waals surface area contributed by atoms with Gasteiger partial charge in [-0.05, 0) is 48.2 Å². The summed E-state index contributed by atoms with van der Waals surface area (Å²) in [6.45, 7) is 6.25. The van der Waals surface area contributed by atoms with E-state index in [4.69, 9.17) is 0 Å². The fourth-order valence-corrected chi connectivity index (χ4v) is 5.74. The molecule has 2 aromatic carbocycles. The van der Waals surface area contributed by atoms with Gasteiger partial charge in [-0.2, -0.15) is 4.76 Å². The second kappa shape index (κ2) is 8.72. The third kappa shape index (κ3) is 5.16. The largest absolute Gasteiger partial charge is 0.506 e. The number of aromatic nitrogens is 1. The van der Waals surface area contributed by atoms with Crippen LogP contribution >= 0.6 is 7.52 Å². The lowest BCUT2D eigenvalue weighted by atomic mass is 9.92. The molecule has 0 fully saturated rings. The minimum absolute atomic E-state index is 0.0503. The molecular weight excluding hydrogens is 510 g/mol. The number of nitrogens with one attached hydrogen (secondary N) is 2. The van der Waals surface area contributed by atoms with Gasteiger partial charge in [-0.3, -0.25) is 14.1 Å². The number of anilines is 2. The number of halogens is 1.